The molecule has 0 aliphatic carbocycles. The lowest BCUT2D eigenvalue weighted by atomic mass is 9.98. The van der Waals surface area contributed by atoms with Crippen LogP contribution in [0.1, 0.15) is 38.1 Å². The maximum Gasteiger partial charge on any atom is 0.411 e. The zero-order valence-electron chi connectivity index (χ0n) is 22.4. The third-order valence-electron chi connectivity index (χ3n) is 7.31. The molecule has 0 spiro atoms. The van der Waals surface area contributed by atoms with Crippen LogP contribution in [0.2, 0.25) is 5.02 Å². The highest BCUT2D eigenvalue weighted by atomic mass is 35.5. The van der Waals surface area contributed by atoms with Crippen LogP contribution in [-0.2, 0) is 19.1 Å². The van der Waals surface area contributed by atoms with E-state index < -0.39 is 29.8 Å². The van der Waals surface area contributed by atoms with Crippen molar-refractivity contribution in [1.82, 2.24) is 14.9 Å². The van der Waals surface area contributed by atoms with Crippen molar-refractivity contribution in [2.45, 2.75) is 32.2 Å². The number of hydrogen-bond donors (Lipinski definition) is 3. The molecule has 0 unspecified atom stereocenters. The Morgan fingerprint density at radius 3 is 2.73 bits per heavy atom. The quantitative estimate of drug-likeness (QED) is 0.382. The fraction of sp³-hybridized carbons (Fsp3) is 0.321. The molecule has 3 aromatic rings. The Morgan fingerprint density at radius 1 is 1.15 bits per heavy atom. The van der Waals surface area contributed by atoms with Gasteiger partial charge in [0, 0.05) is 36.5 Å². The number of aromatic nitrogens is 2. The number of benzene rings is 2. The Kier molecular flexibility index (Phi) is 7.93. The molecule has 1 saturated heterocycles. The van der Waals surface area contributed by atoms with Gasteiger partial charge in [0.15, 0.2) is 5.82 Å². The van der Waals surface area contributed by atoms with E-state index in [0.717, 1.165) is 4.90 Å². The summed E-state index contributed by atoms with van der Waals surface area (Å²) in [5.41, 5.74) is 1.90. The molecule has 2 aliphatic rings. The van der Waals surface area contributed by atoms with Crippen molar-refractivity contribution in [3.05, 3.63) is 59.3 Å². The van der Waals surface area contributed by atoms with Gasteiger partial charge >= 0.3 is 17.9 Å². The Labute approximate surface area is 240 Å². The first-order chi connectivity index (χ1) is 19.7. The zero-order valence-corrected chi connectivity index (χ0v) is 23.1. The summed E-state index contributed by atoms with van der Waals surface area (Å²) in [7, 11) is 1.25. The number of methoxy groups -OCH3 is 1. The summed E-state index contributed by atoms with van der Waals surface area (Å²) >= 11 is 5.90. The van der Waals surface area contributed by atoms with E-state index in [1.807, 2.05) is 6.92 Å². The van der Waals surface area contributed by atoms with Gasteiger partial charge in [-0.05, 0) is 43.2 Å². The summed E-state index contributed by atoms with van der Waals surface area (Å²) in [6, 6.07) is 8.70. The minimum Gasteiger partial charge on any atom is -0.453 e. The largest absolute Gasteiger partial charge is 0.453 e. The molecule has 11 nitrogen and oxygen atoms in total. The molecule has 2 aliphatic heterocycles. The number of ether oxygens (including phenoxy) is 1. The van der Waals surface area contributed by atoms with Crippen LogP contribution in [0.4, 0.5) is 26.2 Å². The number of carbonyl (C=O) groups excluding carboxylic acids is 4. The molecule has 1 aromatic heterocycles. The summed E-state index contributed by atoms with van der Waals surface area (Å²) in [6.45, 7) is 2.03. The molecule has 2 atom stereocenters. The molecule has 0 radical (unpaired) electrons. The number of H-pyrrole nitrogens is 1. The van der Waals surface area contributed by atoms with Crippen LogP contribution in [0.3, 0.4) is 0 Å². The second kappa shape index (κ2) is 11.6. The van der Waals surface area contributed by atoms with E-state index in [1.54, 1.807) is 24.4 Å². The van der Waals surface area contributed by atoms with Gasteiger partial charge in [-0.2, -0.15) is 0 Å². The van der Waals surface area contributed by atoms with Gasteiger partial charge in [-0.15, -0.1) is 0 Å². The van der Waals surface area contributed by atoms with Gasteiger partial charge in [0.25, 0.3) is 0 Å². The number of rotatable bonds is 3. The maximum atomic E-state index is 14.7. The Balaban J connectivity index is 1.47. The SMILES string of the molecule is COC(=O)Nc1ccc2c(c1)NC(=O)[C@H](C)CCC[C@H](N1CCN(c3cccc(Cl)c3F)C(=O)C1=O)c1nc-2c[nH]1. The van der Waals surface area contributed by atoms with Crippen molar-refractivity contribution < 1.29 is 28.3 Å². The summed E-state index contributed by atoms with van der Waals surface area (Å²) in [6.07, 6.45) is 2.54. The van der Waals surface area contributed by atoms with Crippen molar-refractivity contribution in [3.63, 3.8) is 0 Å². The van der Waals surface area contributed by atoms with E-state index in [2.05, 4.69) is 20.4 Å². The van der Waals surface area contributed by atoms with Crippen molar-refractivity contribution in [2.24, 2.45) is 5.92 Å². The maximum absolute atomic E-state index is 14.7. The Morgan fingerprint density at radius 2 is 1.95 bits per heavy atom. The molecule has 41 heavy (non-hydrogen) atoms. The molecule has 1 fully saturated rings. The predicted octanol–water partition coefficient (Wildman–Crippen LogP) is 4.72. The number of halogens is 2. The Bertz CT molecular complexity index is 1530. The lowest BCUT2D eigenvalue weighted by Crippen LogP contribution is -2.55. The number of carbonyl (C=O) groups is 4. The molecular weight excluding hydrogens is 555 g/mol. The number of piperazine rings is 1. The first-order valence-corrected chi connectivity index (χ1v) is 13.5. The van der Waals surface area contributed by atoms with Gasteiger partial charge < -0.3 is 19.9 Å². The van der Waals surface area contributed by atoms with Gasteiger partial charge in [0.2, 0.25) is 5.91 Å². The minimum absolute atomic E-state index is 0.0491. The van der Waals surface area contributed by atoms with Crippen molar-refractivity contribution in [2.75, 3.05) is 35.7 Å². The van der Waals surface area contributed by atoms with Crippen LogP contribution in [-0.4, -0.2) is 58.9 Å². The summed E-state index contributed by atoms with van der Waals surface area (Å²) < 4.78 is 19.3. The molecule has 214 valence electrons. The number of imidazole rings is 1. The highest BCUT2D eigenvalue weighted by molar-refractivity contribution is 6.41. The summed E-state index contributed by atoms with van der Waals surface area (Å²) in [5, 5.41) is 5.38. The van der Waals surface area contributed by atoms with E-state index in [1.165, 1.54) is 30.2 Å². The van der Waals surface area contributed by atoms with E-state index >= 15 is 0 Å². The van der Waals surface area contributed by atoms with Crippen molar-refractivity contribution >= 4 is 52.5 Å². The average Bonchev–Trinajstić information content (AvgIpc) is 3.44. The van der Waals surface area contributed by atoms with Crippen molar-refractivity contribution in [3.8, 4) is 11.3 Å². The molecule has 0 saturated carbocycles. The fourth-order valence-corrected chi connectivity index (χ4v) is 5.25. The predicted molar refractivity (Wildman–Crippen MR) is 150 cm³/mol. The first-order valence-electron chi connectivity index (χ1n) is 13.1. The van der Waals surface area contributed by atoms with Crippen LogP contribution in [0.15, 0.2) is 42.6 Å². The lowest BCUT2D eigenvalue weighted by Gasteiger charge is -2.38. The normalized spacial score (nSPS) is 19.6. The van der Waals surface area contributed by atoms with Gasteiger partial charge in [0.05, 0.1) is 35.2 Å². The molecule has 2 aromatic carbocycles. The smallest absolute Gasteiger partial charge is 0.411 e. The highest BCUT2D eigenvalue weighted by Gasteiger charge is 2.39. The number of nitrogens with one attached hydrogen (secondary N) is 3. The third-order valence-corrected chi connectivity index (χ3v) is 7.60. The lowest BCUT2D eigenvalue weighted by molar-refractivity contribution is -0.148. The number of aromatic amines is 1. The molecule has 3 N–H and O–H groups in total. The van der Waals surface area contributed by atoms with E-state index in [0.29, 0.717) is 47.7 Å². The standard InChI is InChI=1S/C28H28ClFN6O5/c1-15-5-3-8-22(36-12-11-35(26(38)27(36)39)21-7-4-6-18(29)23(21)30)24-31-14-20(33-24)17-10-9-16(32-28(40)41-2)13-19(17)34-25(15)37/h4,6-7,9-10,13-15,22H,3,5,8,11-12H2,1-2H3,(H,31,33)(H,32,40)(H,34,37)/t15-,22+/m1/s1. The second-order valence-corrected chi connectivity index (χ2v) is 10.3. The monoisotopic (exact) mass is 582 g/mol. The van der Waals surface area contributed by atoms with Crippen LogP contribution in [0, 0.1) is 11.7 Å². The molecule has 3 heterocycles. The van der Waals surface area contributed by atoms with Crippen LogP contribution in [0.25, 0.3) is 11.3 Å². The molecule has 13 heteroatoms. The average molecular weight is 583 g/mol. The van der Waals surface area contributed by atoms with Gasteiger partial charge in [-0.25, -0.2) is 14.2 Å². The fourth-order valence-electron chi connectivity index (χ4n) is 5.08. The summed E-state index contributed by atoms with van der Waals surface area (Å²) in [4.78, 5) is 61.8. The highest BCUT2D eigenvalue weighted by Crippen LogP contribution is 2.35. The Hall–Kier alpha value is -4.45. The third kappa shape index (κ3) is 5.60. The second-order valence-electron chi connectivity index (χ2n) is 9.91. The van der Waals surface area contributed by atoms with Gasteiger partial charge in [-0.1, -0.05) is 31.0 Å². The van der Waals surface area contributed by atoms with Gasteiger partial charge in [-0.3, -0.25) is 24.6 Å². The summed E-state index contributed by atoms with van der Waals surface area (Å²) in [5.74, 6) is -2.50. The van der Waals surface area contributed by atoms with E-state index in [-0.39, 0.29) is 35.6 Å². The number of fused-ring (bicyclic) bond motifs is 4. The minimum atomic E-state index is -0.862. The number of anilines is 3. The van der Waals surface area contributed by atoms with E-state index in [4.69, 9.17) is 16.6 Å². The molecule has 2 bridgehead atoms. The molecular formula is C28H28ClFN6O5. The number of hydrogen-bond acceptors (Lipinski definition) is 6. The van der Waals surface area contributed by atoms with E-state index in [9.17, 15) is 23.6 Å². The number of amides is 4. The van der Waals surface area contributed by atoms with Crippen LogP contribution < -0.4 is 15.5 Å². The zero-order chi connectivity index (χ0) is 29.3. The van der Waals surface area contributed by atoms with Crippen LogP contribution in [0.5, 0.6) is 0 Å². The van der Waals surface area contributed by atoms with Crippen molar-refractivity contribution in [1.29, 1.82) is 0 Å². The molecule has 4 amide bonds. The van der Waals surface area contributed by atoms with Crippen LogP contribution >= 0.6 is 11.6 Å². The molecule has 5 rings (SSSR count). The van der Waals surface area contributed by atoms with Gasteiger partial charge in [0.1, 0.15) is 5.82 Å². The number of nitrogens with zero attached hydrogens (tertiary/aromatic N) is 3. The topological polar surface area (TPSA) is 137 Å². The first kappa shape index (κ1) is 28.1.